The minimum Gasteiger partial charge on any atom is -0.497 e. The zero-order chi connectivity index (χ0) is 13.8. The van der Waals surface area contributed by atoms with Gasteiger partial charge < -0.3 is 24.4 Å². The summed E-state index contributed by atoms with van der Waals surface area (Å²) in [5, 5.41) is 19.1. The number of rotatable bonds is 5. The molecule has 3 unspecified atom stereocenters. The number of aliphatic hydroxyl groups excluding tert-OH is 2. The molecule has 1 aromatic rings. The van der Waals surface area contributed by atoms with Crippen molar-refractivity contribution >= 4 is 11.8 Å². The predicted molar refractivity (Wildman–Crippen MR) is 72.0 cm³/mol. The van der Waals surface area contributed by atoms with Crippen molar-refractivity contribution in [1.82, 2.24) is 0 Å². The number of ether oxygens (including phenoxy) is 3. The standard InChI is InChI=1S/C13H18O5S/c1-16-8-3-4-10(17-2)12(5-8)19-7-11-13(15)9(14)6-18-11/h3-5,9,11,13-15H,6-7H2,1-2H3. The van der Waals surface area contributed by atoms with Crippen molar-refractivity contribution in [3.05, 3.63) is 18.2 Å². The molecule has 1 fully saturated rings. The van der Waals surface area contributed by atoms with Crippen LogP contribution in [0.3, 0.4) is 0 Å². The van der Waals surface area contributed by atoms with Gasteiger partial charge in [0.05, 0.1) is 31.8 Å². The smallest absolute Gasteiger partial charge is 0.132 e. The number of thioether (sulfide) groups is 1. The first-order valence-electron chi connectivity index (χ1n) is 5.98. The second-order valence-electron chi connectivity index (χ2n) is 4.26. The molecule has 0 saturated carbocycles. The topological polar surface area (TPSA) is 68.2 Å². The van der Waals surface area contributed by atoms with Gasteiger partial charge in [0.2, 0.25) is 0 Å². The fourth-order valence-corrected chi connectivity index (χ4v) is 3.01. The Hall–Kier alpha value is -0.950. The van der Waals surface area contributed by atoms with Crippen molar-refractivity contribution in [2.45, 2.75) is 23.2 Å². The third-order valence-corrected chi connectivity index (χ3v) is 4.16. The summed E-state index contributed by atoms with van der Waals surface area (Å²) in [5.74, 6) is 2.04. The molecule has 2 N–H and O–H groups in total. The van der Waals surface area contributed by atoms with E-state index in [1.807, 2.05) is 18.2 Å². The lowest BCUT2D eigenvalue weighted by atomic mass is 10.2. The van der Waals surface area contributed by atoms with Gasteiger partial charge in [-0.15, -0.1) is 11.8 Å². The molecule has 1 saturated heterocycles. The predicted octanol–water partition coefficient (Wildman–Crippen LogP) is 0.916. The summed E-state index contributed by atoms with van der Waals surface area (Å²) in [4.78, 5) is 0.916. The van der Waals surface area contributed by atoms with Gasteiger partial charge in [0.25, 0.3) is 0 Å². The molecule has 1 aliphatic rings. The van der Waals surface area contributed by atoms with E-state index in [1.54, 1.807) is 14.2 Å². The van der Waals surface area contributed by atoms with Gasteiger partial charge in [0.1, 0.15) is 23.7 Å². The molecule has 106 valence electrons. The lowest BCUT2D eigenvalue weighted by Gasteiger charge is -2.15. The monoisotopic (exact) mass is 286 g/mol. The van der Waals surface area contributed by atoms with E-state index in [9.17, 15) is 10.2 Å². The fraction of sp³-hybridized carbons (Fsp3) is 0.538. The van der Waals surface area contributed by atoms with Crippen LogP contribution in [-0.2, 0) is 4.74 Å². The first kappa shape index (κ1) is 14.5. The molecule has 6 heteroatoms. The largest absolute Gasteiger partial charge is 0.497 e. The minimum atomic E-state index is -0.830. The van der Waals surface area contributed by atoms with Crippen LogP contribution in [-0.4, -0.2) is 55.1 Å². The summed E-state index contributed by atoms with van der Waals surface area (Å²) >= 11 is 1.50. The summed E-state index contributed by atoms with van der Waals surface area (Å²) in [6.07, 6.45) is -1.99. The maximum absolute atomic E-state index is 9.72. The van der Waals surface area contributed by atoms with Crippen LogP contribution in [0, 0.1) is 0 Å². The SMILES string of the molecule is COc1ccc(OC)c(SCC2OCC(O)C2O)c1. The maximum atomic E-state index is 9.72. The molecule has 0 amide bonds. The van der Waals surface area contributed by atoms with E-state index < -0.39 is 12.2 Å². The highest BCUT2D eigenvalue weighted by molar-refractivity contribution is 7.99. The highest BCUT2D eigenvalue weighted by Crippen LogP contribution is 2.34. The molecular formula is C13H18O5S. The third-order valence-electron chi connectivity index (χ3n) is 3.03. The molecule has 0 aromatic heterocycles. The summed E-state index contributed by atoms with van der Waals surface area (Å²) in [6.45, 7) is 0.182. The highest BCUT2D eigenvalue weighted by atomic mass is 32.2. The van der Waals surface area contributed by atoms with Crippen molar-refractivity contribution in [2.24, 2.45) is 0 Å². The van der Waals surface area contributed by atoms with Gasteiger partial charge in [-0.1, -0.05) is 0 Å². The van der Waals surface area contributed by atoms with Gasteiger partial charge >= 0.3 is 0 Å². The Morgan fingerprint density at radius 2 is 2.11 bits per heavy atom. The van der Waals surface area contributed by atoms with Crippen LogP contribution in [0.4, 0.5) is 0 Å². The first-order valence-corrected chi connectivity index (χ1v) is 6.97. The average molecular weight is 286 g/mol. The molecule has 0 aliphatic carbocycles. The van der Waals surface area contributed by atoms with E-state index in [1.165, 1.54) is 11.8 Å². The zero-order valence-corrected chi connectivity index (χ0v) is 11.7. The van der Waals surface area contributed by atoms with E-state index in [0.717, 1.165) is 16.4 Å². The number of hydrogen-bond donors (Lipinski definition) is 2. The Balaban J connectivity index is 2.02. The number of benzene rings is 1. The van der Waals surface area contributed by atoms with Crippen molar-refractivity contribution in [2.75, 3.05) is 26.6 Å². The van der Waals surface area contributed by atoms with Gasteiger partial charge in [-0.25, -0.2) is 0 Å². The highest BCUT2D eigenvalue weighted by Gasteiger charge is 2.34. The van der Waals surface area contributed by atoms with Crippen LogP contribution in [0.5, 0.6) is 11.5 Å². The number of aliphatic hydroxyl groups is 2. The van der Waals surface area contributed by atoms with Crippen LogP contribution in [0.25, 0.3) is 0 Å². The molecule has 19 heavy (non-hydrogen) atoms. The Morgan fingerprint density at radius 1 is 1.32 bits per heavy atom. The minimum absolute atomic E-state index is 0.182. The molecule has 0 bridgehead atoms. The molecule has 3 atom stereocenters. The van der Waals surface area contributed by atoms with E-state index in [-0.39, 0.29) is 12.7 Å². The molecule has 1 aliphatic heterocycles. The van der Waals surface area contributed by atoms with Crippen molar-refractivity contribution in [1.29, 1.82) is 0 Å². The summed E-state index contributed by atoms with van der Waals surface area (Å²) in [7, 11) is 3.22. The quantitative estimate of drug-likeness (QED) is 0.785. The molecule has 2 rings (SSSR count). The lowest BCUT2D eigenvalue weighted by molar-refractivity contribution is 0.0337. The summed E-state index contributed by atoms with van der Waals surface area (Å²) in [5.41, 5.74) is 0. The van der Waals surface area contributed by atoms with Crippen LogP contribution in [0.1, 0.15) is 0 Å². The first-order chi connectivity index (χ1) is 9.15. The van der Waals surface area contributed by atoms with E-state index >= 15 is 0 Å². The van der Waals surface area contributed by atoms with Gasteiger partial charge in [0.15, 0.2) is 0 Å². The molecule has 1 heterocycles. The maximum Gasteiger partial charge on any atom is 0.132 e. The Morgan fingerprint density at radius 3 is 2.68 bits per heavy atom. The van der Waals surface area contributed by atoms with Gasteiger partial charge in [-0.3, -0.25) is 0 Å². The summed E-state index contributed by atoms with van der Waals surface area (Å²) in [6, 6.07) is 5.54. The second kappa shape index (κ2) is 6.47. The van der Waals surface area contributed by atoms with E-state index in [4.69, 9.17) is 14.2 Å². The van der Waals surface area contributed by atoms with Crippen LogP contribution >= 0.6 is 11.8 Å². The van der Waals surface area contributed by atoms with E-state index in [2.05, 4.69) is 0 Å². The van der Waals surface area contributed by atoms with Crippen molar-refractivity contribution < 1.29 is 24.4 Å². The molecule has 1 aromatic carbocycles. The van der Waals surface area contributed by atoms with Gasteiger partial charge in [-0.05, 0) is 18.2 Å². The van der Waals surface area contributed by atoms with Crippen LogP contribution in [0.2, 0.25) is 0 Å². The fourth-order valence-electron chi connectivity index (χ4n) is 1.88. The van der Waals surface area contributed by atoms with E-state index in [0.29, 0.717) is 5.75 Å². The Kier molecular flexibility index (Phi) is 4.93. The lowest BCUT2D eigenvalue weighted by Crippen LogP contribution is -2.31. The number of hydrogen-bond acceptors (Lipinski definition) is 6. The summed E-state index contributed by atoms with van der Waals surface area (Å²) < 4.78 is 15.8. The third kappa shape index (κ3) is 3.33. The van der Waals surface area contributed by atoms with Crippen molar-refractivity contribution in [3.63, 3.8) is 0 Å². The molecule has 0 radical (unpaired) electrons. The molecule has 5 nitrogen and oxygen atoms in total. The number of methoxy groups -OCH3 is 2. The average Bonchev–Trinajstić information content (AvgIpc) is 2.76. The van der Waals surface area contributed by atoms with Crippen molar-refractivity contribution in [3.8, 4) is 11.5 Å². The Bertz CT molecular complexity index is 425. The normalized spacial score (nSPS) is 26.4. The zero-order valence-electron chi connectivity index (χ0n) is 10.9. The molecular weight excluding hydrogens is 268 g/mol. The molecule has 0 spiro atoms. The van der Waals surface area contributed by atoms with Gasteiger partial charge in [0, 0.05) is 5.75 Å². The van der Waals surface area contributed by atoms with Crippen LogP contribution in [0.15, 0.2) is 23.1 Å². The van der Waals surface area contributed by atoms with Crippen LogP contribution < -0.4 is 9.47 Å². The second-order valence-corrected chi connectivity index (χ2v) is 5.32. The van der Waals surface area contributed by atoms with Gasteiger partial charge in [-0.2, -0.15) is 0 Å². The Labute approximate surface area is 116 Å².